The van der Waals surface area contributed by atoms with E-state index in [1.165, 1.54) is 0 Å². The van der Waals surface area contributed by atoms with E-state index in [4.69, 9.17) is 4.52 Å². The van der Waals surface area contributed by atoms with Crippen molar-refractivity contribution < 1.29 is 9.45 Å². The van der Waals surface area contributed by atoms with Gasteiger partial charge in [0, 0.05) is 49.6 Å². The van der Waals surface area contributed by atoms with Gasteiger partial charge in [-0.15, -0.1) is 0 Å². The van der Waals surface area contributed by atoms with Crippen molar-refractivity contribution in [2.75, 3.05) is 31.1 Å². The van der Waals surface area contributed by atoms with E-state index >= 15 is 0 Å². The maximum Gasteiger partial charge on any atom is 0.269 e. The van der Waals surface area contributed by atoms with Crippen molar-refractivity contribution in [1.82, 2.24) is 15.0 Å². The fraction of sp³-hybridized carbons (Fsp3) is 0.300. The van der Waals surface area contributed by atoms with Gasteiger partial charge in [-0.05, 0) is 24.6 Å². The number of aromatic nitrogens is 2. The summed E-state index contributed by atoms with van der Waals surface area (Å²) in [5.41, 5.74) is 3.22. The van der Waals surface area contributed by atoms with Crippen LogP contribution in [0.5, 0.6) is 0 Å². The summed E-state index contributed by atoms with van der Waals surface area (Å²) in [7, 11) is 0. The van der Waals surface area contributed by atoms with Gasteiger partial charge in [0.05, 0.1) is 11.5 Å². The van der Waals surface area contributed by atoms with Gasteiger partial charge in [0.15, 0.2) is 0 Å². The minimum Gasteiger partial charge on any atom is -0.369 e. The quantitative estimate of drug-likeness (QED) is 0.496. The van der Waals surface area contributed by atoms with Crippen LogP contribution in [0.4, 0.5) is 11.4 Å². The molecule has 1 aliphatic heterocycles. The average Bonchev–Trinajstić information content (AvgIpc) is 3.17. The Kier molecular flexibility index (Phi) is 5.03. The minimum atomic E-state index is -0.378. The Balaban J connectivity index is 1.35. The Labute approximate surface area is 162 Å². The molecule has 28 heavy (non-hydrogen) atoms. The predicted molar refractivity (Wildman–Crippen MR) is 105 cm³/mol. The van der Waals surface area contributed by atoms with Crippen LogP contribution in [-0.4, -0.2) is 46.1 Å². The Bertz CT molecular complexity index is 962. The van der Waals surface area contributed by atoms with Crippen LogP contribution in [0.1, 0.15) is 11.5 Å². The second-order valence-corrected chi connectivity index (χ2v) is 6.86. The van der Waals surface area contributed by atoms with E-state index in [1.807, 2.05) is 31.2 Å². The van der Waals surface area contributed by atoms with Crippen LogP contribution >= 0.6 is 0 Å². The Morgan fingerprint density at radius 2 is 1.79 bits per heavy atom. The maximum atomic E-state index is 10.8. The number of piperazine rings is 1. The van der Waals surface area contributed by atoms with E-state index in [2.05, 4.69) is 19.9 Å². The molecule has 0 amide bonds. The number of hydrogen-bond acceptors (Lipinski definition) is 7. The first-order chi connectivity index (χ1) is 13.6. The monoisotopic (exact) mass is 379 g/mol. The van der Waals surface area contributed by atoms with Gasteiger partial charge >= 0.3 is 0 Å². The molecule has 0 saturated carbocycles. The van der Waals surface area contributed by atoms with Crippen molar-refractivity contribution in [1.29, 1.82) is 0 Å². The molecular formula is C20H21N5O3. The summed E-state index contributed by atoms with van der Waals surface area (Å²) in [4.78, 5) is 19.4. The van der Waals surface area contributed by atoms with Crippen molar-refractivity contribution in [3.05, 3.63) is 70.1 Å². The van der Waals surface area contributed by atoms with E-state index in [9.17, 15) is 10.1 Å². The lowest BCUT2D eigenvalue weighted by Gasteiger charge is -2.35. The lowest BCUT2D eigenvalue weighted by atomic mass is 10.1. The molecule has 1 saturated heterocycles. The highest BCUT2D eigenvalue weighted by molar-refractivity contribution is 5.59. The van der Waals surface area contributed by atoms with E-state index in [1.54, 1.807) is 24.3 Å². The Morgan fingerprint density at radius 3 is 2.46 bits per heavy atom. The number of nitro benzene ring substituents is 1. The third-order valence-electron chi connectivity index (χ3n) is 5.01. The molecular weight excluding hydrogens is 358 g/mol. The topological polar surface area (TPSA) is 88.5 Å². The number of rotatable bonds is 5. The normalized spacial score (nSPS) is 15.0. The van der Waals surface area contributed by atoms with Gasteiger partial charge in [0.25, 0.3) is 5.69 Å². The van der Waals surface area contributed by atoms with Crippen molar-refractivity contribution in [2.24, 2.45) is 0 Å². The smallest absolute Gasteiger partial charge is 0.269 e. The summed E-state index contributed by atoms with van der Waals surface area (Å²) < 4.78 is 5.44. The molecule has 0 aliphatic carbocycles. The first-order valence-electron chi connectivity index (χ1n) is 9.20. The van der Waals surface area contributed by atoms with E-state index < -0.39 is 0 Å². The molecule has 0 bridgehead atoms. The van der Waals surface area contributed by atoms with Crippen molar-refractivity contribution in [2.45, 2.75) is 13.5 Å². The number of nitrogens with zero attached hydrogens (tertiary/aromatic N) is 5. The Morgan fingerprint density at radius 1 is 1.07 bits per heavy atom. The number of anilines is 1. The first kappa shape index (κ1) is 18.1. The molecule has 1 aromatic heterocycles. The number of non-ortho nitro benzene ring substituents is 1. The molecule has 0 N–H and O–H groups in total. The molecule has 8 nitrogen and oxygen atoms in total. The zero-order valence-electron chi connectivity index (χ0n) is 15.6. The van der Waals surface area contributed by atoms with Gasteiger partial charge in [-0.25, -0.2) is 0 Å². The fourth-order valence-electron chi connectivity index (χ4n) is 3.39. The highest BCUT2D eigenvalue weighted by atomic mass is 16.6. The van der Waals surface area contributed by atoms with Crippen LogP contribution in [0.25, 0.3) is 11.4 Å². The molecule has 1 fully saturated rings. The Hall–Kier alpha value is -3.26. The molecule has 1 aliphatic rings. The van der Waals surface area contributed by atoms with Gasteiger partial charge in [0.1, 0.15) is 0 Å². The number of aryl methyl sites for hydroxylation is 1. The highest BCUT2D eigenvalue weighted by Gasteiger charge is 2.20. The van der Waals surface area contributed by atoms with Crippen molar-refractivity contribution in [3.8, 4) is 11.4 Å². The van der Waals surface area contributed by atoms with E-state index in [0.29, 0.717) is 18.3 Å². The zero-order valence-corrected chi connectivity index (χ0v) is 15.6. The second kappa shape index (κ2) is 7.77. The molecule has 4 rings (SSSR count). The van der Waals surface area contributed by atoms with Crippen LogP contribution in [0, 0.1) is 17.0 Å². The van der Waals surface area contributed by atoms with Gasteiger partial charge in [0.2, 0.25) is 11.7 Å². The first-order valence-corrected chi connectivity index (χ1v) is 9.20. The second-order valence-electron chi connectivity index (χ2n) is 6.86. The van der Waals surface area contributed by atoms with Crippen LogP contribution in [0.3, 0.4) is 0 Å². The van der Waals surface area contributed by atoms with Gasteiger partial charge in [-0.2, -0.15) is 4.98 Å². The van der Waals surface area contributed by atoms with E-state index in [-0.39, 0.29) is 10.6 Å². The van der Waals surface area contributed by atoms with Crippen molar-refractivity contribution in [3.63, 3.8) is 0 Å². The van der Waals surface area contributed by atoms with Crippen LogP contribution in [0.15, 0.2) is 53.1 Å². The SMILES string of the molecule is Cc1ccccc1-c1noc(CN2CCN(c3ccc([N+](=O)[O-])cc3)CC2)n1. The summed E-state index contributed by atoms with van der Waals surface area (Å²) in [5, 5.41) is 14.9. The highest BCUT2D eigenvalue weighted by Crippen LogP contribution is 2.22. The van der Waals surface area contributed by atoms with Crippen LogP contribution in [-0.2, 0) is 6.54 Å². The summed E-state index contributed by atoms with van der Waals surface area (Å²) in [6, 6.07) is 14.7. The minimum absolute atomic E-state index is 0.114. The summed E-state index contributed by atoms with van der Waals surface area (Å²) in [6.45, 7) is 6.06. The summed E-state index contributed by atoms with van der Waals surface area (Å²) in [5.74, 6) is 1.24. The number of nitro groups is 1. The standard InChI is InChI=1S/C20H21N5O3/c1-15-4-2-3-5-18(15)20-21-19(28-22-20)14-23-10-12-24(13-11-23)16-6-8-17(9-7-16)25(26)27/h2-9H,10-14H2,1H3. The largest absolute Gasteiger partial charge is 0.369 e. The zero-order chi connectivity index (χ0) is 19.5. The molecule has 0 radical (unpaired) electrons. The lowest BCUT2D eigenvalue weighted by molar-refractivity contribution is -0.384. The van der Waals surface area contributed by atoms with Gasteiger partial charge < -0.3 is 9.42 Å². The maximum absolute atomic E-state index is 10.8. The summed E-state index contributed by atoms with van der Waals surface area (Å²) >= 11 is 0. The van der Waals surface area contributed by atoms with E-state index in [0.717, 1.165) is 43.0 Å². The van der Waals surface area contributed by atoms with Crippen LogP contribution < -0.4 is 4.90 Å². The molecule has 3 aromatic rings. The average molecular weight is 379 g/mol. The molecule has 0 unspecified atom stereocenters. The van der Waals surface area contributed by atoms with Crippen LogP contribution in [0.2, 0.25) is 0 Å². The van der Waals surface area contributed by atoms with Crippen molar-refractivity contribution >= 4 is 11.4 Å². The third kappa shape index (κ3) is 3.86. The summed E-state index contributed by atoms with van der Waals surface area (Å²) in [6.07, 6.45) is 0. The predicted octanol–water partition coefficient (Wildman–Crippen LogP) is 3.28. The fourth-order valence-corrected chi connectivity index (χ4v) is 3.39. The molecule has 2 heterocycles. The molecule has 8 heteroatoms. The lowest BCUT2D eigenvalue weighted by Crippen LogP contribution is -2.46. The van der Waals surface area contributed by atoms with Gasteiger partial charge in [-0.3, -0.25) is 15.0 Å². The molecule has 144 valence electrons. The molecule has 2 aromatic carbocycles. The number of hydrogen-bond donors (Lipinski definition) is 0. The van der Waals surface area contributed by atoms with Gasteiger partial charge in [-0.1, -0.05) is 29.4 Å². The number of benzene rings is 2. The molecule has 0 spiro atoms. The third-order valence-corrected chi connectivity index (χ3v) is 5.01. The molecule has 0 atom stereocenters.